The Morgan fingerprint density at radius 1 is 1.28 bits per heavy atom. The summed E-state index contributed by atoms with van der Waals surface area (Å²) in [6, 6.07) is 0.0251. The lowest BCUT2D eigenvalue weighted by Crippen LogP contribution is -2.13. The van der Waals surface area contributed by atoms with E-state index in [1.165, 1.54) is 50.0 Å². The molecule has 1 aliphatic carbocycles. The van der Waals surface area contributed by atoms with E-state index in [1.54, 1.807) is 11.3 Å². The fourth-order valence-electron chi connectivity index (χ4n) is 2.79. The van der Waals surface area contributed by atoms with E-state index >= 15 is 0 Å². The van der Waals surface area contributed by atoms with Crippen LogP contribution in [0.3, 0.4) is 0 Å². The standard InChI is InChI=1S/C14H25N3S/c1-3-4-5-11-6-8-12(9-7-11)14-17-16-13(18-14)10(2)15/h10-12H,3-9,15H2,1-2H3. The van der Waals surface area contributed by atoms with Crippen LogP contribution in [0.5, 0.6) is 0 Å². The lowest BCUT2D eigenvalue weighted by Gasteiger charge is -2.26. The third kappa shape index (κ3) is 3.51. The predicted octanol–water partition coefficient (Wildman–Crippen LogP) is 4.02. The Labute approximate surface area is 114 Å². The normalized spacial score (nSPS) is 26.2. The molecule has 4 heteroatoms. The van der Waals surface area contributed by atoms with Crippen LogP contribution < -0.4 is 5.73 Å². The molecule has 1 aliphatic rings. The van der Waals surface area contributed by atoms with Gasteiger partial charge in [-0.25, -0.2) is 0 Å². The molecule has 1 aromatic heterocycles. The lowest BCUT2D eigenvalue weighted by atomic mass is 9.80. The van der Waals surface area contributed by atoms with Gasteiger partial charge in [0.05, 0.1) is 6.04 Å². The second-order valence-electron chi connectivity index (χ2n) is 5.63. The molecule has 102 valence electrons. The van der Waals surface area contributed by atoms with Crippen molar-refractivity contribution in [2.24, 2.45) is 11.7 Å². The van der Waals surface area contributed by atoms with Gasteiger partial charge in [-0.1, -0.05) is 37.5 Å². The van der Waals surface area contributed by atoms with Crippen molar-refractivity contribution in [3.63, 3.8) is 0 Å². The molecular formula is C14H25N3S. The number of hydrogen-bond donors (Lipinski definition) is 1. The van der Waals surface area contributed by atoms with Gasteiger partial charge in [0, 0.05) is 5.92 Å². The van der Waals surface area contributed by atoms with E-state index in [9.17, 15) is 0 Å². The number of hydrogen-bond acceptors (Lipinski definition) is 4. The van der Waals surface area contributed by atoms with E-state index in [0.29, 0.717) is 5.92 Å². The highest BCUT2D eigenvalue weighted by Gasteiger charge is 2.25. The smallest absolute Gasteiger partial charge is 0.133 e. The Hall–Kier alpha value is -0.480. The van der Waals surface area contributed by atoms with Crippen molar-refractivity contribution >= 4 is 11.3 Å². The predicted molar refractivity (Wildman–Crippen MR) is 76.7 cm³/mol. The zero-order chi connectivity index (χ0) is 13.0. The molecule has 0 aromatic carbocycles. The first kappa shape index (κ1) is 13.9. The first-order valence-electron chi connectivity index (χ1n) is 7.29. The molecule has 1 unspecified atom stereocenters. The van der Waals surface area contributed by atoms with E-state index in [2.05, 4.69) is 17.1 Å². The quantitative estimate of drug-likeness (QED) is 0.876. The molecule has 0 amide bonds. The molecule has 18 heavy (non-hydrogen) atoms. The van der Waals surface area contributed by atoms with E-state index < -0.39 is 0 Å². The maximum absolute atomic E-state index is 5.84. The molecule has 2 rings (SSSR count). The van der Waals surface area contributed by atoms with Gasteiger partial charge in [-0.05, 0) is 38.5 Å². The molecule has 0 saturated heterocycles. The van der Waals surface area contributed by atoms with Crippen LogP contribution in [0, 0.1) is 5.92 Å². The Morgan fingerprint density at radius 2 is 2.00 bits per heavy atom. The molecule has 1 saturated carbocycles. The summed E-state index contributed by atoms with van der Waals surface area (Å²) in [6.07, 6.45) is 9.47. The monoisotopic (exact) mass is 267 g/mol. The highest BCUT2D eigenvalue weighted by atomic mass is 32.1. The van der Waals surface area contributed by atoms with Gasteiger partial charge in [0.15, 0.2) is 0 Å². The molecule has 3 nitrogen and oxygen atoms in total. The molecule has 1 heterocycles. The van der Waals surface area contributed by atoms with Crippen LogP contribution in [0.25, 0.3) is 0 Å². The fourth-order valence-corrected chi connectivity index (χ4v) is 3.75. The first-order valence-corrected chi connectivity index (χ1v) is 8.11. The van der Waals surface area contributed by atoms with Crippen LogP contribution in [0.2, 0.25) is 0 Å². The molecule has 2 N–H and O–H groups in total. The molecule has 0 bridgehead atoms. The Balaban J connectivity index is 1.85. The van der Waals surface area contributed by atoms with Crippen molar-refractivity contribution in [2.45, 2.75) is 70.8 Å². The fraction of sp³-hybridized carbons (Fsp3) is 0.857. The summed E-state index contributed by atoms with van der Waals surface area (Å²) in [5, 5.41) is 10.7. The molecule has 1 atom stereocenters. The molecule has 1 aromatic rings. The SMILES string of the molecule is CCCCC1CCC(c2nnc(C(C)N)s2)CC1. The van der Waals surface area contributed by atoms with Gasteiger partial charge in [-0.15, -0.1) is 10.2 Å². The Bertz CT molecular complexity index is 354. The van der Waals surface area contributed by atoms with Crippen molar-refractivity contribution in [3.05, 3.63) is 10.0 Å². The van der Waals surface area contributed by atoms with Crippen LogP contribution in [0.15, 0.2) is 0 Å². The summed E-state index contributed by atoms with van der Waals surface area (Å²) < 4.78 is 0. The van der Waals surface area contributed by atoms with Crippen LogP contribution in [0.1, 0.15) is 80.8 Å². The maximum atomic E-state index is 5.84. The van der Waals surface area contributed by atoms with Gasteiger partial charge in [-0.2, -0.15) is 0 Å². The largest absolute Gasteiger partial charge is 0.322 e. The van der Waals surface area contributed by atoms with Crippen molar-refractivity contribution in [1.82, 2.24) is 10.2 Å². The van der Waals surface area contributed by atoms with Crippen LogP contribution in [0.4, 0.5) is 0 Å². The van der Waals surface area contributed by atoms with Gasteiger partial charge in [0.2, 0.25) is 0 Å². The summed E-state index contributed by atoms with van der Waals surface area (Å²) in [5.41, 5.74) is 5.84. The second-order valence-corrected chi connectivity index (χ2v) is 6.67. The van der Waals surface area contributed by atoms with Crippen molar-refractivity contribution in [1.29, 1.82) is 0 Å². The average molecular weight is 267 g/mol. The number of nitrogens with zero attached hydrogens (tertiary/aromatic N) is 2. The van der Waals surface area contributed by atoms with Gasteiger partial charge in [0.25, 0.3) is 0 Å². The minimum Gasteiger partial charge on any atom is -0.322 e. The zero-order valence-corrected chi connectivity index (χ0v) is 12.4. The highest BCUT2D eigenvalue weighted by Crippen LogP contribution is 2.38. The number of aromatic nitrogens is 2. The van der Waals surface area contributed by atoms with Gasteiger partial charge in [-0.3, -0.25) is 0 Å². The van der Waals surface area contributed by atoms with Gasteiger partial charge in [0.1, 0.15) is 10.0 Å². The summed E-state index contributed by atoms with van der Waals surface area (Å²) in [6.45, 7) is 4.26. The van der Waals surface area contributed by atoms with Crippen LogP contribution in [-0.4, -0.2) is 10.2 Å². The van der Waals surface area contributed by atoms with E-state index in [1.807, 2.05) is 6.92 Å². The number of unbranched alkanes of at least 4 members (excludes halogenated alkanes) is 1. The van der Waals surface area contributed by atoms with Crippen LogP contribution >= 0.6 is 11.3 Å². The molecular weight excluding hydrogens is 242 g/mol. The minimum absolute atomic E-state index is 0.0251. The van der Waals surface area contributed by atoms with Crippen molar-refractivity contribution in [2.75, 3.05) is 0 Å². The van der Waals surface area contributed by atoms with Gasteiger partial charge < -0.3 is 5.73 Å². The Morgan fingerprint density at radius 3 is 2.56 bits per heavy atom. The highest BCUT2D eigenvalue weighted by molar-refractivity contribution is 7.11. The lowest BCUT2D eigenvalue weighted by molar-refractivity contribution is 0.303. The van der Waals surface area contributed by atoms with Crippen molar-refractivity contribution < 1.29 is 0 Å². The third-order valence-corrected chi connectivity index (χ3v) is 5.29. The third-order valence-electron chi connectivity index (χ3n) is 4.01. The molecule has 0 aliphatic heterocycles. The maximum Gasteiger partial charge on any atom is 0.133 e. The minimum atomic E-state index is 0.0251. The first-order chi connectivity index (χ1) is 8.70. The van der Waals surface area contributed by atoms with E-state index in [0.717, 1.165) is 10.9 Å². The molecule has 1 fully saturated rings. The number of rotatable bonds is 5. The van der Waals surface area contributed by atoms with Crippen molar-refractivity contribution in [3.8, 4) is 0 Å². The van der Waals surface area contributed by atoms with E-state index in [-0.39, 0.29) is 6.04 Å². The molecule has 0 spiro atoms. The average Bonchev–Trinajstić information content (AvgIpc) is 2.87. The van der Waals surface area contributed by atoms with Gasteiger partial charge >= 0.3 is 0 Å². The summed E-state index contributed by atoms with van der Waals surface area (Å²) in [5.74, 6) is 1.61. The topological polar surface area (TPSA) is 51.8 Å². The summed E-state index contributed by atoms with van der Waals surface area (Å²) in [7, 11) is 0. The van der Waals surface area contributed by atoms with E-state index in [4.69, 9.17) is 5.73 Å². The zero-order valence-electron chi connectivity index (χ0n) is 11.6. The Kier molecular flexibility index (Phi) is 5.13. The summed E-state index contributed by atoms with van der Waals surface area (Å²) >= 11 is 1.72. The number of nitrogens with two attached hydrogens (primary N) is 1. The van der Waals surface area contributed by atoms with Crippen LogP contribution in [-0.2, 0) is 0 Å². The molecule has 0 radical (unpaired) electrons. The summed E-state index contributed by atoms with van der Waals surface area (Å²) in [4.78, 5) is 0. The second kappa shape index (κ2) is 6.62.